The van der Waals surface area contributed by atoms with Crippen LogP contribution < -0.4 is 5.32 Å². The van der Waals surface area contributed by atoms with Gasteiger partial charge in [-0.25, -0.2) is 4.39 Å². The average molecular weight is 513 g/mol. The van der Waals surface area contributed by atoms with Crippen molar-refractivity contribution in [1.29, 1.82) is 0 Å². The topological polar surface area (TPSA) is 67.8 Å². The number of fused-ring (bicyclic) bond motifs is 1. The Balaban J connectivity index is 0.00000240. The zero-order valence-electron chi connectivity index (χ0n) is 16.7. The molecule has 1 atom stereocenters. The Kier molecular flexibility index (Phi) is 6.78. The van der Waals surface area contributed by atoms with Crippen molar-refractivity contribution in [2.45, 2.75) is 19.6 Å². The van der Waals surface area contributed by atoms with Crippen molar-refractivity contribution in [2.75, 3.05) is 26.7 Å². The number of hydrogen-bond acceptors (Lipinski definition) is 4. The third-order valence-electron chi connectivity index (χ3n) is 5.08. The molecule has 0 radical (unpaired) electrons. The first-order chi connectivity index (χ1) is 13.5. The van der Waals surface area contributed by atoms with Crippen LogP contribution in [0, 0.1) is 12.7 Å². The highest BCUT2D eigenvalue weighted by atomic mass is 127. The number of ether oxygens (including phenoxy) is 1. The van der Waals surface area contributed by atoms with E-state index in [2.05, 4.69) is 20.3 Å². The molecular formula is C20H25FIN5O2. The van der Waals surface area contributed by atoms with Gasteiger partial charge < -0.3 is 19.4 Å². The molecule has 7 nitrogen and oxygen atoms in total. The van der Waals surface area contributed by atoms with Crippen molar-refractivity contribution < 1.29 is 13.5 Å². The van der Waals surface area contributed by atoms with Crippen molar-refractivity contribution in [3.63, 3.8) is 0 Å². The van der Waals surface area contributed by atoms with Crippen LogP contribution in [0.2, 0.25) is 0 Å². The van der Waals surface area contributed by atoms with Crippen molar-refractivity contribution in [3.8, 4) is 0 Å². The molecule has 1 N–H and O–H groups in total. The predicted molar refractivity (Wildman–Crippen MR) is 120 cm³/mol. The average Bonchev–Trinajstić information content (AvgIpc) is 3.27. The van der Waals surface area contributed by atoms with Crippen molar-refractivity contribution in [1.82, 2.24) is 20.0 Å². The zero-order chi connectivity index (χ0) is 19.7. The molecule has 4 rings (SSSR count). The number of morpholine rings is 1. The summed E-state index contributed by atoms with van der Waals surface area (Å²) in [4.78, 5) is 6.58. The van der Waals surface area contributed by atoms with Gasteiger partial charge in [0.2, 0.25) is 0 Å². The van der Waals surface area contributed by atoms with E-state index in [0.717, 1.165) is 34.8 Å². The first-order valence-electron chi connectivity index (χ1n) is 9.28. The van der Waals surface area contributed by atoms with Gasteiger partial charge in [-0.3, -0.25) is 9.67 Å². The third kappa shape index (κ3) is 4.55. The fraction of sp³-hybridized carbons (Fsp3) is 0.400. The first kappa shape index (κ1) is 21.6. The smallest absolute Gasteiger partial charge is 0.194 e. The molecule has 156 valence electrons. The maximum atomic E-state index is 13.5. The molecule has 1 unspecified atom stereocenters. The molecule has 1 aromatic carbocycles. The van der Waals surface area contributed by atoms with Gasteiger partial charge in [0.05, 0.1) is 25.9 Å². The number of aliphatic imine (C=N–C) groups is 1. The van der Waals surface area contributed by atoms with Gasteiger partial charge in [-0.2, -0.15) is 5.10 Å². The number of halogens is 2. The highest BCUT2D eigenvalue weighted by molar-refractivity contribution is 14.0. The fourth-order valence-corrected chi connectivity index (χ4v) is 3.55. The van der Waals surface area contributed by atoms with Gasteiger partial charge in [0.15, 0.2) is 5.96 Å². The lowest BCUT2D eigenvalue weighted by Crippen LogP contribution is -2.47. The van der Waals surface area contributed by atoms with Crippen LogP contribution in [-0.4, -0.2) is 47.4 Å². The van der Waals surface area contributed by atoms with Crippen LogP contribution in [0.3, 0.4) is 0 Å². The van der Waals surface area contributed by atoms with E-state index >= 15 is 0 Å². The molecule has 3 aromatic rings. The van der Waals surface area contributed by atoms with Crippen molar-refractivity contribution in [3.05, 3.63) is 53.3 Å². The molecule has 0 bridgehead atoms. The van der Waals surface area contributed by atoms with Crippen LogP contribution in [0.5, 0.6) is 0 Å². The highest BCUT2D eigenvalue weighted by Crippen LogP contribution is 2.26. The number of furan rings is 1. The Morgan fingerprint density at radius 2 is 2.24 bits per heavy atom. The molecule has 29 heavy (non-hydrogen) atoms. The minimum atomic E-state index is -0.263. The minimum absolute atomic E-state index is 0. The second kappa shape index (κ2) is 9.12. The first-order valence-corrected chi connectivity index (χ1v) is 9.28. The van der Waals surface area contributed by atoms with Crippen LogP contribution >= 0.6 is 24.0 Å². The minimum Gasteiger partial charge on any atom is -0.459 e. The van der Waals surface area contributed by atoms with Crippen LogP contribution in [0.4, 0.5) is 4.39 Å². The fourth-order valence-electron chi connectivity index (χ4n) is 3.55. The lowest BCUT2D eigenvalue weighted by atomic mass is 10.1. The normalized spacial score (nSPS) is 17.4. The van der Waals surface area contributed by atoms with Crippen LogP contribution in [0.1, 0.15) is 23.0 Å². The second-order valence-electron chi connectivity index (χ2n) is 6.94. The molecule has 0 aliphatic carbocycles. The summed E-state index contributed by atoms with van der Waals surface area (Å²) in [6, 6.07) is 4.58. The number of guanidine groups is 1. The van der Waals surface area contributed by atoms with E-state index in [4.69, 9.17) is 9.15 Å². The molecule has 0 saturated carbocycles. The largest absolute Gasteiger partial charge is 0.459 e. The molecule has 9 heteroatoms. The van der Waals surface area contributed by atoms with Crippen LogP contribution in [-0.2, 0) is 18.3 Å². The van der Waals surface area contributed by atoms with Crippen molar-refractivity contribution >= 4 is 40.9 Å². The number of aryl methyl sites for hydroxylation is 2. The zero-order valence-corrected chi connectivity index (χ0v) is 19.0. The van der Waals surface area contributed by atoms with E-state index in [1.165, 1.54) is 12.1 Å². The summed E-state index contributed by atoms with van der Waals surface area (Å²) in [5, 5.41) is 8.39. The monoisotopic (exact) mass is 513 g/mol. The second-order valence-corrected chi connectivity index (χ2v) is 6.94. The van der Waals surface area contributed by atoms with Gasteiger partial charge >= 0.3 is 0 Å². The standard InChI is InChI=1S/C20H24FN5O2.HI/c1-13-16-8-15(21)4-5-17(16)28-18(13)10-23-20(22-2)26-6-7-27-19(12-26)14-9-24-25(3)11-14;/h4-5,8-9,11,19H,6-7,10,12H2,1-3H3,(H,22,23);1H. The lowest BCUT2D eigenvalue weighted by molar-refractivity contribution is -0.00807. The molecule has 1 saturated heterocycles. The summed E-state index contributed by atoms with van der Waals surface area (Å²) in [7, 11) is 3.66. The molecule has 0 spiro atoms. The van der Waals surface area contributed by atoms with E-state index in [-0.39, 0.29) is 35.9 Å². The SMILES string of the molecule is CN=C(NCc1oc2ccc(F)cc2c1C)N1CCOC(c2cnn(C)c2)C1.I. The predicted octanol–water partition coefficient (Wildman–Crippen LogP) is 3.38. The van der Waals surface area contributed by atoms with E-state index in [0.29, 0.717) is 25.3 Å². The Morgan fingerprint density at radius 3 is 2.97 bits per heavy atom. The number of aromatic nitrogens is 2. The summed E-state index contributed by atoms with van der Waals surface area (Å²) in [6.07, 6.45) is 3.76. The third-order valence-corrected chi connectivity index (χ3v) is 5.08. The Hall–Kier alpha value is -2.14. The molecular weight excluding hydrogens is 488 g/mol. The number of nitrogens with one attached hydrogen (secondary N) is 1. The van der Waals surface area contributed by atoms with E-state index < -0.39 is 0 Å². The number of hydrogen-bond donors (Lipinski definition) is 1. The maximum Gasteiger partial charge on any atom is 0.194 e. The lowest BCUT2D eigenvalue weighted by Gasteiger charge is -2.34. The molecule has 3 heterocycles. The molecule has 1 aliphatic rings. The van der Waals surface area contributed by atoms with Crippen LogP contribution in [0.25, 0.3) is 11.0 Å². The van der Waals surface area contributed by atoms with Gasteiger partial charge in [0.1, 0.15) is 23.3 Å². The summed E-state index contributed by atoms with van der Waals surface area (Å²) >= 11 is 0. The van der Waals surface area contributed by atoms with Gasteiger partial charge in [-0.1, -0.05) is 0 Å². The van der Waals surface area contributed by atoms with Crippen LogP contribution in [0.15, 0.2) is 40.0 Å². The Morgan fingerprint density at radius 1 is 1.41 bits per heavy atom. The highest BCUT2D eigenvalue weighted by Gasteiger charge is 2.25. The van der Waals surface area contributed by atoms with E-state index in [1.807, 2.05) is 26.4 Å². The number of nitrogens with zero attached hydrogens (tertiary/aromatic N) is 4. The Bertz CT molecular complexity index is 1020. The molecule has 1 aliphatic heterocycles. The molecule has 0 amide bonds. The van der Waals surface area contributed by atoms with Crippen molar-refractivity contribution in [2.24, 2.45) is 12.0 Å². The van der Waals surface area contributed by atoms with Gasteiger partial charge in [0.25, 0.3) is 0 Å². The van der Waals surface area contributed by atoms with Gasteiger partial charge in [-0.05, 0) is 25.1 Å². The number of benzene rings is 1. The molecule has 2 aromatic heterocycles. The maximum absolute atomic E-state index is 13.5. The van der Waals surface area contributed by atoms with E-state index in [9.17, 15) is 4.39 Å². The number of rotatable bonds is 3. The van der Waals surface area contributed by atoms with Gasteiger partial charge in [-0.15, -0.1) is 24.0 Å². The summed E-state index contributed by atoms with van der Waals surface area (Å²) in [6.45, 7) is 4.47. The molecule has 1 fully saturated rings. The van der Waals surface area contributed by atoms with E-state index in [1.54, 1.807) is 17.8 Å². The Labute approximate surface area is 185 Å². The summed E-state index contributed by atoms with van der Waals surface area (Å²) in [5.41, 5.74) is 2.68. The van der Waals surface area contributed by atoms with Gasteiger partial charge in [0, 0.05) is 43.4 Å². The summed E-state index contributed by atoms with van der Waals surface area (Å²) in [5.74, 6) is 1.29. The quantitative estimate of drug-likeness (QED) is 0.331. The summed E-state index contributed by atoms with van der Waals surface area (Å²) < 4.78 is 27.1.